The molecule has 0 atom stereocenters. The number of ether oxygens (including phenoxy) is 2. The lowest BCUT2D eigenvalue weighted by Gasteiger charge is -2.17. The van der Waals surface area contributed by atoms with Crippen molar-refractivity contribution in [3.63, 3.8) is 0 Å². The highest BCUT2D eigenvalue weighted by Gasteiger charge is 2.32. The Hall–Kier alpha value is -3.39. The maximum Gasteiger partial charge on any atom is 0.240 e. The minimum absolute atomic E-state index is 0.0712. The number of nitrogens with one attached hydrogen (secondary N) is 1. The van der Waals surface area contributed by atoms with Gasteiger partial charge >= 0.3 is 0 Å². The average Bonchev–Trinajstić information content (AvgIpc) is 3.24. The second kappa shape index (κ2) is 7.92. The van der Waals surface area contributed by atoms with Crippen LogP contribution in [0.25, 0.3) is 10.9 Å². The molecule has 5 heteroatoms. The summed E-state index contributed by atoms with van der Waals surface area (Å²) in [6, 6.07) is 15.9. The fourth-order valence-corrected chi connectivity index (χ4v) is 3.56. The van der Waals surface area contributed by atoms with E-state index in [1.165, 1.54) is 0 Å². The molecule has 0 spiro atoms. The standard InChI is InChI=1S/C24H24N2O3/c1-24(2)16-19-9-7-11-21(23(19)29-24)28-15-6-5-13-25-22(27)17-26-14-12-18-8-3-4-10-20(18)26/h3-4,7-12,14H,13,15-17H2,1-2H3,(H,25,27). The number of para-hydroxylation sites is 2. The lowest BCUT2D eigenvalue weighted by molar-refractivity contribution is -0.121. The maximum atomic E-state index is 12.1. The van der Waals surface area contributed by atoms with Crippen LogP contribution in [0.3, 0.4) is 0 Å². The SMILES string of the molecule is CC1(C)Cc2cccc(OCC#CCNC(=O)Cn3ccc4ccccc43)c2O1. The van der Waals surface area contributed by atoms with Gasteiger partial charge in [-0.05, 0) is 37.4 Å². The lowest BCUT2D eigenvalue weighted by atomic mass is 10.0. The van der Waals surface area contributed by atoms with Crippen LogP contribution >= 0.6 is 0 Å². The molecule has 1 aromatic heterocycles. The van der Waals surface area contributed by atoms with Crippen LogP contribution in [0.5, 0.6) is 11.5 Å². The third-order valence-electron chi connectivity index (χ3n) is 4.85. The first-order chi connectivity index (χ1) is 14.0. The van der Waals surface area contributed by atoms with E-state index in [2.05, 4.69) is 37.1 Å². The highest BCUT2D eigenvalue weighted by molar-refractivity contribution is 5.83. The van der Waals surface area contributed by atoms with Crippen molar-refractivity contribution in [1.29, 1.82) is 0 Å². The molecule has 0 saturated heterocycles. The lowest BCUT2D eigenvalue weighted by Crippen LogP contribution is -2.27. The fraction of sp³-hybridized carbons (Fsp3) is 0.292. The van der Waals surface area contributed by atoms with Crippen LogP contribution in [0.1, 0.15) is 19.4 Å². The van der Waals surface area contributed by atoms with Gasteiger partial charge in [0.15, 0.2) is 11.5 Å². The van der Waals surface area contributed by atoms with Crippen molar-refractivity contribution in [2.75, 3.05) is 13.2 Å². The van der Waals surface area contributed by atoms with Gasteiger partial charge < -0.3 is 19.4 Å². The van der Waals surface area contributed by atoms with Crippen LogP contribution in [0, 0.1) is 11.8 Å². The summed E-state index contributed by atoms with van der Waals surface area (Å²) in [5, 5.41) is 3.95. The normalized spacial score (nSPS) is 13.9. The van der Waals surface area contributed by atoms with Gasteiger partial charge in [0.05, 0.1) is 6.54 Å². The molecule has 0 fully saturated rings. The molecule has 4 rings (SSSR count). The third kappa shape index (κ3) is 4.38. The summed E-state index contributed by atoms with van der Waals surface area (Å²) >= 11 is 0. The molecule has 1 amide bonds. The summed E-state index contributed by atoms with van der Waals surface area (Å²) < 4.78 is 13.7. The zero-order chi connectivity index (χ0) is 20.3. The van der Waals surface area contributed by atoms with Crippen molar-refractivity contribution in [1.82, 2.24) is 9.88 Å². The zero-order valence-electron chi connectivity index (χ0n) is 16.7. The van der Waals surface area contributed by atoms with Crippen molar-refractivity contribution in [2.24, 2.45) is 0 Å². The van der Waals surface area contributed by atoms with Gasteiger partial charge in [-0.3, -0.25) is 4.79 Å². The Morgan fingerprint density at radius 2 is 2.03 bits per heavy atom. The van der Waals surface area contributed by atoms with E-state index in [4.69, 9.17) is 9.47 Å². The van der Waals surface area contributed by atoms with Crippen LogP contribution in [0.4, 0.5) is 0 Å². The summed E-state index contributed by atoms with van der Waals surface area (Å²) in [6.45, 7) is 4.94. The summed E-state index contributed by atoms with van der Waals surface area (Å²) in [5.74, 6) is 7.32. The first-order valence-corrected chi connectivity index (χ1v) is 9.72. The largest absolute Gasteiger partial charge is 0.483 e. The maximum absolute atomic E-state index is 12.1. The fourth-order valence-electron chi connectivity index (χ4n) is 3.56. The van der Waals surface area contributed by atoms with Crippen LogP contribution in [0.15, 0.2) is 54.7 Å². The molecule has 0 saturated carbocycles. The monoisotopic (exact) mass is 388 g/mol. The molecule has 0 radical (unpaired) electrons. The second-order valence-corrected chi connectivity index (χ2v) is 7.70. The molecule has 3 aromatic rings. The van der Waals surface area contributed by atoms with Crippen molar-refractivity contribution in [3.8, 4) is 23.3 Å². The first-order valence-electron chi connectivity index (χ1n) is 9.72. The quantitative estimate of drug-likeness (QED) is 0.680. The zero-order valence-corrected chi connectivity index (χ0v) is 16.7. The number of rotatable bonds is 5. The topological polar surface area (TPSA) is 52.5 Å². The molecule has 29 heavy (non-hydrogen) atoms. The molecule has 1 N–H and O–H groups in total. The second-order valence-electron chi connectivity index (χ2n) is 7.70. The third-order valence-corrected chi connectivity index (χ3v) is 4.85. The van der Waals surface area contributed by atoms with Gasteiger partial charge in [0, 0.05) is 23.7 Å². The van der Waals surface area contributed by atoms with Crippen molar-refractivity contribution in [2.45, 2.75) is 32.4 Å². The predicted molar refractivity (Wildman–Crippen MR) is 113 cm³/mol. The van der Waals surface area contributed by atoms with Crippen molar-refractivity contribution >= 4 is 16.8 Å². The van der Waals surface area contributed by atoms with Gasteiger partial charge in [-0.15, -0.1) is 0 Å². The molecule has 2 heterocycles. The van der Waals surface area contributed by atoms with E-state index in [9.17, 15) is 4.79 Å². The van der Waals surface area contributed by atoms with E-state index in [-0.39, 0.29) is 31.2 Å². The van der Waals surface area contributed by atoms with Crippen LogP contribution in [-0.2, 0) is 17.8 Å². The number of fused-ring (bicyclic) bond motifs is 2. The highest BCUT2D eigenvalue weighted by Crippen LogP contribution is 2.41. The van der Waals surface area contributed by atoms with Gasteiger partial charge in [-0.25, -0.2) is 0 Å². The van der Waals surface area contributed by atoms with Gasteiger partial charge in [0.25, 0.3) is 0 Å². The Morgan fingerprint density at radius 1 is 1.17 bits per heavy atom. The number of carbonyl (C=O) groups excluding carboxylic acids is 1. The molecular weight excluding hydrogens is 364 g/mol. The number of aromatic nitrogens is 1. The number of hydrogen-bond acceptors (Lipinski definition) is 3. The number of benzene rings is 2. The minimum Gasteiger partial charge on any atom is -0.483 e. The van der Waals surface area contributed by atoms with Gasteiger partial charge in [0.2, 0.25) is 5.91 Å². The number of nitrogens with zero attached hydrogens (tertiary/aromatic N) is 1. The molecule has 5 nitrogen and oxygen atoms in total. The summed E-state index contributed by atoms with van der Waals surface area (Å²) in [6.07, 6.45) is 2.79. The van der Waals surface area contributed by atoms with Gasteiger partial charge in [-0.1, -0.05) is 42.2 Å². The van der Waals surface area contributed by atoms with Crippen molar-refractivity contribution in [3.05, 3.63) is 60.3 Å². The molecule has 148 valence electrons. The molecule has 1 aliphatic heterocycles. The molecule has 1 aliphatic rings. The Kier molecular flexibility index (Phi) is 5.18. The molecular formula is C24H24N2O3. The van der Waals surface area contributed by atoms with E-state index in [0.717, 1.165) is 28.6 Å². The Balaban J connectivity index is 1.25. The van der Waals surface area contributed by atoms with Crippen LogP contribution < -0.4 is 14.8 Å². The molecule has 2 aromatic carbocycles. The van der Waals surface area contributed by atoms with Crippen molar-refractivity contribution < 1.29 is 14.3 Å². The van der Waals surface area contributed by atoms with E-state index in [0.29, 0.717) is 5.75 Å². The van der Waals surface area contributed by atoms with Crippen LogP contribution in [-0.4, -0.2) is 29.2 Å². The Bertz CT molecular complexity index is 1100. The van der Waals surface area contributed by atoms with Crippen LogP contribution in [0.2, 0.25) is 0 Å². The number of carbonyl (C=O) groups is 1. The predicted octanol–water partition coefficient (Wildman–Crippen LogP) is 3.55. The van der Waals surface area contributed by atoms with E-state index in [1.807, 2.05) is 53.2 Å². The number of hydrogen-bond donors (Lipinski definition) is 1. The van der Waals surface area contributed by atoms with E-state index in [1.54, 1.807) is 0 Å². The summed E-state index contributed by atoms with van der Waals surface area (Å²) in [7, 11) is 0. The molecule has 0 bridgehead atoms. The first kappa shape index (κ1) is 18.9. The van der Waals surface area contributed by atoms with E-state index < -0.39 is 0 Å². The average molecular weight is 388 g/mol. The summed E-state index contributed by atoms with van der Waals surface area (Å²) in [5.41, 5.74) is 2.00. The Labute approximate surface area is 170 Å². The molecule has 0 aliphatic carbocycles. The van der Waals surface area contributed by atoms with E-state index >= 15 is 0 Å². The minimum atomic E-state index is -0.206. The van der Waals surface area contributed by atoms with Gasteiger partial charge in [0.1, 0.15) is 18.8 Å². The van der Waals surface area contributed by atoms with Gasteiger partial charge in [-0.2, -0.15) is 0 Å². The highest BCUT2D eigenvalue weighted by atomic mass is 16.5. The summed E-state index contributed by atoms with van der Waals surface area (Å²) in [4.78, 5) is 12.1. The molecule has 0 unspecified atom stereocenters. The Morgan fingerprint density at radius 3 is 2.93 bits per heavy atom. The number of amides is 1. The smallest absolute Gasteiger partial charge is 0.240 e.